The van der Waals surface area contributed by atoms with E-state index in [1.807, 2.05) is 0 Å². The molecule has 0 amide bonds. The van der Waals surface area contributed by atoms with Crippen molar-refractivity contribution in [1.29, 1.82) is 0 Å². The van der Waals surface area contributed by atoms with Crippen molar-refractivity contribution in [2.75, 3.05) is 6.54 Å². The second-order valence-corrected chi connectivity index (χ2v) is 5.35. The molecule has 0 aromatic heterocycles. The Labute approximate surface area is 93.5 Å². The van der Waals surface area contributed by atoms with Gasteiger partial charge in [0.05, 0.1) is 6.10 Å². The molecule has 2 N–H and O–H groups in total. The second-order valence-electron chi connectivity index (χ2n) is 5.35. The zero-order valence-electron chi connectivity index (χ0n) is 9.75. The topological polar surface area (TPSA) is 32.3 Å². The third-order valence-corrected chi connectivity index (χ3v) is 4.16. The van der Waals surface area contributed by atoms with Crippen molar-refractivity contribution in [1.82, 2.24) is 5.32 Å². The first-order chi connectivity index (χ1) is 7.36. The second kappa shape index (κ2) is 5.86. The van der Waals surface area contributed by atoms with Crippen molar-refractivity contribution in [3.8, 4) is 0 Å². The van der Waals surface area contributed by atoms with Gasteiger partial charge in [0.1, 0.15) is 0 Å². The summed E-state index contributed by atoms with van der Waals surface area (Å²) in [6, 6.07) is 0.389. The molecule has 2 fully saturated rings. The van der Waals surface area contributed by atoms with Crippen LogP contribution in [0.15, 0.2) is 0 Å². The largest absolute Gasteiger partial charge is 0.392 e. The number of hydrogen-bond donors (Lipinski definition) is 2. The van der Waals surface area contributed by atoms with Crippen LogP contribution in [0, 0.1) is 5.92 Å². The van der Waals surface area contributed by atoms with Gasteiger partial charge in [-0.3, -0.25) is 0 Å². The number of nitrogens with one attached hydrogen (secondary N) is 1. The highest BCUT2D eigenvalue weighted by Crippen LogP contribution is 2.27. The van der Waals surface area contributed by atoms with Gasteiger partial charge < -0.3 is 10.4 Å². The lowest BCUT2D eigenvalue weighted by atomic mass is 9.92. The Balaban J connectivity index is 1.59. The molecule has 0 aromatic carbocycles. The summed E-state index contributed by atoms with van der Waals surface area (Å²) in [7, 11) is 0. The standard InChI is InChI=1S/C13H25NO/c15-13-8-4-3-7-12(13)14-10-9-11-5-1-2-6-11/h11-15H,1-10H2/t12-,13-/m0/s1. The monoisotopic (exact) mass is 211 g/mol. The Morgan fingerprint density at radius 1 is 0.933 bits per heavy atom. The highest BCUT2D eigenvalue weighted by molar-refractivity contribution is 4.80. The molecule has 0 aliphatic heterocycles. The number of hydrogen-bond acceptors (Lipinski definition) is 2. The van der Waals surface area contributed by atoms with Gasteiger partial charge in [0.25, 0.3) is 0 Å². The minimum absolute atomic E-state index is 0.0812. The average molecular weight is 211 g/mol. The molecule has 0 saturated heterocycles. The molecule has 2 aliphatic carbocycles. The summed E-state index contributed by atoms with van der Waals surface area (Å²) in [6.45, 7) is 1.12. The van der Waals surface area contributed by atoms with E-state index in [0.29, 0.717) is 6.04 Å². The summed E-state index contributed by atoms with van der Waals surface area (Å²) in [6.07, 6.45) is 11.7. The molecule has 2 atom stereocenters. The van der Waals surface area contributed by atoms with Gasteiger partial charge in [-0.15, -0.1) is 0 Å². The van der Waals surface area contributed by atoms with Gasteiger partial charge in [0, 0.05) is 6.04 Å². The molecule has 2 rings (SSSR count). The summed E-state index contributed by atoms with van der Waals surface area (Å²) in [4.78, 5) is 0. The van der Waals surface area contributed by atoms with Crippen LogP contribution >= 0.6 is 0 Å². The molecule has 0 bridgehead atoms. The molecule has 15 heavy (non-hydrogen) atoms. The summed E-state index contributed by atoms with van der Waals surface area (Å²) >= 11 is 0. The molecule has 0 spiro atoms. The van der Waals surface area contributed by atoms with Gasteiger partial charge in [0.15, 0.2) is 0 Å². The van der Waals surface area contributed by atoms with Crippen molar-refractivity contribution < 1.29 is 5.11 Å². The Kier molecular flexibility index (Phi) is 4.45. The van der Waals surface area contributed by atoms with Gasteiger partial charge >= 0.3 is 0 Å². The molecule has 0 heterocycles. The molecular weight excluding hydrogens is 186 g/mol. The number of rotatable bonds is 4. The van der Waals surface area contributed by atoms with Gasteiger partial charge in [-0.1, -0.05) is 38.5 Å². The van der Waals surface area contributed by atoms with Gasteiger partial charge in [0.2, 0.25) is 0 Å². The van der Waals surface area contributed by atoms with Gasteiger partial charge in [-0.2, -0.15) is 0 Å². The van der Waals surface area contributed by atoms with Crippen LogP contribution in [-0.2, 0) is 0 Å². The highest BCUT2D eigenvalue weighted by Gasteiger charge is 2.22. The molecular formula is C13H25NO. The van der Waals surface area contributed by atoms with Crippen LogP contribution in [-0.4, -0.2) is 23.8 Å². The minimum Gasteiger partial charge on any atom is -0.392 e. The Morgan fingerprint density at radius 2 is 1.60 bits per heavy atom. The number of aliphatic hydroxyl groups is 1. The molecule has 2 aliphatic rings. The van der Waals surface area contributed by atoms with Crippen molar-refractivity contribution in [2.45, 2.75) is 69.9 Å². The predicted octanol–water partition coefficient (Wildman–Crippen LogP) is 2.46. The van der Waals surface area contributed by atoms with Crippen LogP contribution in [0.5, 0.6) is 0 Å². The molecule has 88 valence electrons. The predicted molar refractivity (Wildman–Crippen MR) is 62.8 cm³/mol. The van der Waals surface area contributed by atoms with E-state index in [1.54, 1.807) is 0 Å². The molecule has 2 nitrogen and oxygen atoms in total. The number of aliphatic hydroxyl groups excluding tert-OH is 1. The first-order valence-corrected chi connectivity index (χ1v) is 6.78. The van der Waals surface area contributed by atoms with Crippen molar-refractivity contribution in [3.05, 3.63) is 0 Å². The van der Waals surface area contributed by atoms with Crippen LogP contribution in [0.1, 0.15) is 57.8 Å². The molecule has 2 saturated carbocycles. The lowest BCUT2D eigenvalue weighted by Gasteiger charge is -2.28. The highest BCUT2D eigenvalue weighted by atomic mass is 16.3. The first-order valence-electron chi connectivity index (χ1n) is 6.78. The maximum atomic E-state index is 9.80. The summed E-state index contributed by atoms with van der Waals surface area (Å²) in [5.41, 5.74) is 0. The summed E-state index contributed by atoms with van der Waals surface area (Å²) in [5, 5.41) is 13.3. The molecule has 2 heteroatoms. The van der Waals surface area contributed by atoms with E-state index >= 15 is 0 Å². The van der Waals surface area contributed by atoms with E-state index in [1.165, 1.54) is 51.4 Å². The van der Waals surface area contributed by atoms with Crippen molar-refractivity contribution >= 4 is 0 Å². The van der Waals surface area contributed by atoms with E-state index in [4.69, 9.17) is 0 Å². The van der Waals surface area contributed by atoms with Crippen LogP contribution in [0.4, 0.5) is 0 Å². The van der Waals surface area contributed by atoms with Crippen LogP contribution < -0.4 is 5.32 Å². The smallest absolute Gasteiger partial charge is 0.0693 e. The maximum absolute atomic E-state index is 9.80. The first kappa shape index (κ1) is 11.4. The van der Waals surface area contributed by atoms with Crippen molar-refractivity contribution in [3.63, 3.8) is 0 Å². The van der Waals surface area contributed by atoms with Crippen molar-refractivity contribution in [2.24, 2.45) is 5.92 Å². The lowest BCUT2D eigenvalue weighted by Crippen LogP contribution is -2.42. The Hall–Kier alpha value is -0.0800. The van der Waals surface area contributed by atoms with Gasteiger partial charge in [-0.05, 0) is 31.7 Å². The zero-order valence-corrected chi connectivity index (χ0v) is 9.75. The summed E-state index contributed by atoms with van der Waals surface area (Å²) in [5.74, 6) is 0.971. The molecule has 0 unspecified atom stereocenters. The SMILES string of the molecule is O[C@H]1CCCC[C@@H]1NCCC1CCCC1. The minimum atomic E-state index is -0.0812. The maximum Gasteiger partial charge on any atom is 0.0693 e. The quantitative estimate of drug-likeness (QED) is 0.748. The Bertz CT molecular complexity index is 177. The third-order valence-electron chi connectivity index (χ3n) is 4.16. The fourth-order valence-corrected chi connectivity index (χ4v) is 3.12. The van der Waals surface area contributed by atoms with E-state index in [2.05, 4.69) is 5.32 Å². The zero-order chi connectivity index (χ0) is 10.5. The third kappa shape index (κ3) is 3.46. The van der Waals surface area contributed by atoms with E-state index in [9.17, 15) is 5.11 Å². The molecule has 0 aromatic rings. The van der Waals surface area contributed by atoms with E-state index in [-0.39, 0.29) is 6.10 Å². The van der Waals surface area contributed by atoms with Gasteiger partial charge in [-0.25, -0.2) is 0 Å². The molecule has 0 radical (unpaired) electrons. The van der Waals surface area contributed by atoms with Crippen LogP contribution in [0.25, 0.3) is 0 Å². The summed E-state index contributed by atoms with van der Waals surface area (Å²) < 4.78 is 0. The normalized spacial score (nSPS) is 33.4. The van der Waals surface area contributed by atoms with Crippen LogP contribution in [0.2, 0.25) is 0 Å². The fraction of sp³-hybridized carbons (Fsp3) is 1.00. The average Bonchev–Trinajstić information content (AvgIpc) is 2.74. The van der Waals surface area contributed by atoms with E-state index < -0.39 is 0 Å². The Morgan fingerprint density at radius 3 is 2.33 bits per heavy atom. The van der Waals surface area contributed by atoms with Crippen LogP contribution in [0.3, 0.4) is 0 Å². The lowest BCUT2D eigenvalue weighted by molar-refractivity contribution is 0.0904. The fourth-order valence-electron chi connectivity index (χ4n) is 3.12. The van der Waals surface area contributed by atoms with E-state index in [0.717, 1.165) is 18.9 Å².